The first-order valence-electron chi connectivity index (χ1n) is 5.79. The minimum Gasteiger partial charge on any atom is -0.481 e. The van der Waals surface area contributed by atoms with Crippen LogP contribution in [0.1, 0.15) is 20.3 Å². The van der Waals surface area contributed by atoms with Crippen LogP contribution in [0.5, 0.6) is 5.75 Å². The lowest BCUT2D eigenvalue weighted by Gasteiger charge is -2.17. The van der Waals surface area contributed by atoms with E-state index in [0.717, 1.165) is 0 Å². The van der Waals surface area contributed by atoms with Gasteiger partial charge < -0.3 is 15.2 Å². The zero-order valence-electron chi connectivity index (χ0n) is 10.4. The highest BCUT2D eigenvalue weighted by Gasteiger charge is 2.22. The van der Waals surface area contributed by atoms with Gasteiger partial charge in [-0.15, -0.1) is 0 Å². The van der Waals surface area contributed by atoms with Crippen molar-refractivity contribution in [1.29, 1.82) is 0 Å². The molecule has 0 saturated carbocycles. The number of carbonyl (C=O) groups is 2. The van der Waals surface area contributed by atoms with E-state index >= 15 is 0 Å². The highest BCUT2D eigenvalue weighted by Crippen LogP contribution is 2.10. The van der Waals surface area contributed by atoms with E-state index in [0.29, 0.717) is 12.2 Å². The molecule has 2 atom stereocenters. The number of ether oxygens (including phenoxy) is 1. The maximum Gasteiger partial charge on any atom is 0.326 e. The van der Waals surface area contributed by atoms with Crippen LogP contribution in [0.3, 0.4) is 0 Å². The summed E-state index contributed by atoms with van der Waals surface area (Å²) in [5, 5.41) is 11.3. The van der Waals surface area contributed by atoms with Crippen molar-refractivity contribution in [2.24, 2.45) is 0 Å². The Morgan fingerprint density at radius 2 is 1.94 bits per heavy atom. The van der Waals surface area contributed by atoms with Gasteiger partial charge in [-0.25, -0.2) is 4.79 Å². The average molecular weight is 251 g/mol. The maximum atomic E-state index is 11.7. The lowest BCUT2D eigenvalue weighted by molar-refractivity contribution is -0.143. The summed E-state index contributed by atoms with van der Waals surface area (Å²) in [5.41, 5.74) is 0. The van der Waals surface area contributed by atoms with Crippen LogP contribution in [0.2, 0.25) is 0 Å². The molecule has 0 radical (unpaired) electrons. The number of carbonyl (C=O) groups excluding carboxylic acids is 1. The standard InChI is InChI=1S/C13H17NO4/c1-3-11(13(16)17)14-12(15)9(2)18-10-7-5-4-6-8-10/h4-9,11H,3H2,1-2H3,(H,14,15)(H,16,17)/t9?,11-/m1/s1. The summed E-state index contributed by atoms with van der Waals surface area (Å²) in [6.07, 6.45) is -0.403. The van der Waals surface area contributed by atoms with E-state index in [9.17, 15) is 9.59 Å². The molecule has 0 saturated heterocycles. The van der Waals surface area contributed by atoms with Gasteiger partial charge in [-0.3, -0.25) is 4.79 Å². The number of nitrogens with one attached hydrogen (secondary N) is 1. The Morgan fingerprint density at radius 1 is 1.33 bits per heavy atom. The summed E-state index contributed by atoms with van der Waals surface area (Å²) in [6.45, 7) is 3.28. The van der Waals surface area contributed by atoms with Crippen LogP contribution in [0.15, 0.2) is 30.3 Å². The highest BCUT2D eigenvalue weighted by molar-refractivity contribution is 5.86. The van der Waals surface area contributed by atoms with Crippen LogP contribution < -0.4 is 10.1 Å². The van der Waals surface area contributed by atoms with Gasteiger partial charge in [0.2, 0.25) is 0 Å². The molecular formula is C13H17NO4. The Morgan fingerprint density at radius 3 is 2.44 bits per heavy atom. The van der Waals surface area contributed by atoms with Crippen molar-refractivity contribution >= 4 is 11.9 Å². The minimum atomic E-state index is -1.04. The Labute approximate surface area is 106 Å². The molecule has 1 unspecified atom stereocenters. The number of aliphatic carboxylic acids is 1. The molecule has 0 aromatic heterocycles. The molecule has 1 amide bonds. The van der Waals surface area contributed by atoms with Gasteiger partial charge in [0.05, 0.1) is 0 Å². The van der Waals surface area contributed by atoms with Gasteiger partial charge in [-0.1, -0.05) is 25.1 Å². The number of carboxylic acid groups (broad SMARTS) is 1. The van der Waals surface area contributed by atoms with Gasteiger partial charge >= 0.3 is 5.97 Å². The molecule has 0 heterocycles. The van der Waals surface area contributed by atoms with Gasteiger partial charge in [-0.2, -0.15) is 0 Å². The van der Waals surface area contributed by atoms with Crippen LogP contribution in [0.25, 0.3) is 0 Å². The van der Waals surface area contributed by atoms with E-state index in [4.69, 9.17) is 9.84 Å². The van der Waals surface area contributed by atoms with E-state index in [2.05, 4.69) is 5.32 Å². The summed E-state index contributed by atoms with van der Waals surface area (Å²) in [6, 6.07) is 8.03. The molecule has 2 N–H and O–H groups in total. The topological polar surface area (TPSA) is 75.6 Å². The molecule has 0 bridgehead atoms. The number of hydrogen-bond acceptors (Lipinski definition) is 3. The lowest BCUT2D eigenvalue weighted by atomic mass is 10.2. The molecular weight excluding hydrogens is 234 g/mol. The van der Waals surface area contributed by atoms with E-state index in [1.54, 1.807) is 38.1 Å². The van der Waals surface area contributed by atoms with Crippen molar-refractivity contribution < 1.29 is 19.4 Å². The predicted octanol–water partition coefficient (Wildman–Crippen LogP) is 1.43. The number of rotatable bonds is 6. The molecule has 0 spiro atoms. The largest absolute Gasteiger partial charge is 0.481 e. The molecule has 0 aliphatic rings. The van der Waals surface area contributed by atoms with Crippen molar-refractivity contribution in [2.75, 3.05) is 0 Å². The average Bonchev–Trinajstić information content (AvgIpc) is 2.36. The van der Waals surface area contributed by atoms with E-state index in [1.807, 2.05) is 6.07 Å². The Balaban J connectivity index is 2.54. The van der Waals surface area contributed by atoms with Crippen molar-refractivity contribution in [1.82, 2.24) is 5.32 Å². The quantitative estimate of drug-likeness (QED) is 0.802. The third-order valence-corrected chi connectivity index (χ3v) is 2.45. The molecule has 1 aromatic carbocycles. The summed E-state index contributed by atoms with van der Waals surface area (Å²) >= 11 is 0. The molecule has 0 aliphatic carbocycles. The minimum absolute atomic E-state index is 0.332. The van der Waals surface area contributed by atoms with Gasteiger partial charge in [0.25, 0.3) is 5.91 Å². The number of amides is 1. The molecule has 18 heavy (non-hydrogen) atoms. The number of carboxylic acids is 1. The van der Waals surface area contributed by atoms with Crippen LogP contribution in [0, 0.1) is 0 Å². The summed E-state index contributed by atoms with van der Waals surface area (Å²) in [5.74, 6) is -0.908. The molecule has 1 aromatic rings. The second kappa shape index (κ2) is 6.64. The van der Waals surface area contributed by atoms with Crippen molar-refractivity contribution in [3.63, 3.8) is 0 Å². The van der Waals surface area contributed by atoms with Crippen molar-refractivity contribution in [2.45, 2.75) is 32.4 Å². The number of benzene rings is 1. The van der Waals surface area contributed by atoms with Crippen LogP contribution in [0.4, 0.5) is 0 Å². The van der Waals surface area contributed by atoms with Gasteiger partial charge in [0.15, 0.2) is 6.10 Å². The predicted molar refractivity (Wildman–Crippen MR) is 66.4 cm³/mol. The van der Waals surface area contributed by atoms with Crippen molar-refractivity contribution in [3.8, 4) is 5.75 Å². The first kappa shape index (κ1) is 14.0. The summed E-state index contributed by atoms with van der Waals surface area (Å²) < 4.78 is 5.40. The second-order valence-electron chi connectivity index (χ2n) is 3.88. The highest BCUT2D eigenvalue weighted by atomic mass is 16.5. The number of hydrogen-bond donors (Lipinski definition) is 2. The fourth-order valence-corrected chi connectivity index (χ4v) is 1.38. The lowest BCUT2D eigenvalue weighted by Crippen LogP contribution is -2.45. The first-order chi connectivity index (χ1) is 8.54. The molecule has 98 valence electrons. The van der Waals surface area contributed by atoms with Crippen LogP contribution in [-0.2, 0) is 9.59 Å². The van der Waals surface area contributed by atoms with Gasteiger partial charge in [0, 0.05) is 0 Å². The molecule has 5 heteroatoms. The third-order valence-electron chi connectivity index (χ3n) is 2.45. The van der Waals surface area contributed by atoms with Crippen LogP contribution >= 0.6 is 0 Å². The van der Waals surface area contributed by atoms with Crippen molar-refractivity contribution in [3.05, 3.63) is 30.3 Å². The SMILES string of the molecule is CC[C@@H](NC(=O)C(C)Oc1ccccc1)C(=O)O. The zero-order chi connectivity index (χ0) is 13.5. The van der Waals surface area contributed by atoms with E-state index in [1.165, 1.54) is 0 Å². The maximum absolute atomic E-state index is 11.7. The third kappa shape index (κ3) is 4.08. The Hall–Kier alpha value is -2.04. The van der Waals surface area contributed by atoms with E-state index in [-0.39, 0.29) is 0 Å². The van der Waals surface area contributed by atoms with Gasteiger partial charge in [0.1, 0.15) is 11.8 Å². The molecule has 1 rings (SSSR count). The first-order valence-corrected chi connectivity index (χ1v) is 5.79. The molecule has 0 aliphatic heterocycles. The fourth-order valence-electron chi connectivity index (χ4n) is 1.38. The zero-order valence-corrected chi connectivity index (χ0v) is 10.4. The van der Waals surface area contributed by atoms with E-state index < -0.39 is 24.0 Å². The Bertz CT molecular complexity index is 405. The smallest absolute Gasteiger partial charge is 0.326 e. The monoisotopic (exact) mass is 251 g/mol. The summed E-state index contributed by atoms with van der Waals surface area (Å²) in [7, 11) is 0. The summed E-state index contributed by atoms with van der Waals surface area (Å²) in [4.78, 5) is 22.5. The Kier molecular flexibility index (Phi) is 5.17. The molecule has 5 nitrogen and oxygen atoms in total. The van der Waals surface area contributed by atoms with Gasteiger partial charge in [-0.05, 0) is 25.5 Å². The fraction of sp³-hybridized carbons (Fsp3) is 0.385. The molecule has 0 fully saturated rings. The normalized spacial score (nSPS) is 13.4. The van der Waals surface area contributed by atoms with Crippen LogP contribution in [-0.4, -0.2) is 29.1 Å². The second-order valence-corrected chi connectivity index (χ2v) is 3.88. The number of para-hydroxylation sites is 1.